The van der Waals surface area contributed by atoms with Gasteiger partial charge in [-0.2, -0.15) is 0 Å². The van der Waals surface area contributed by atoms with E-state index in [1.165, 1.54) is 135 Å². The van der Waals surface area contributed by atoms with Crippen molar-refractivity contribution in [3.8, 4) is 11.1 Å². The molecule has 0 saturated heterocycles. The molecule has 13 aliphatic rings. The van der Waals surface area contributed by atoms with Crippen LogP contribution in [0.3, 0.4) is 0 Å². The number of rotatable bonds is 4. The number of fused-ring (bicyclic) bond motifs is 5. The third-order valence-electron chi connectivity index (χ3n) is 20.1. The largest absolute Gasteiger partial charge is 0.0605 e. The van der Waals surface area contributed by atoms with Crippen molar-refractivity contribution in [1.29, 1.82) is 0 Å². The maximum absolute atomic E-state index is 2.90. The highest BCUT2D eigenvalue weighted by Crippen LogP contribution is 2.74. The zero-order valence-corrected chi connectivity index (χ0v) is 34.2. The van der Waals surface area contributed by atoms with Crippen molar-refractivity contribution in [2.24, 2.45) is 64.1 Å². The van der Waals surface area contributed by atoms with Crippen molar-refractivity contribution in [2.75, 3.05) is 0 Å². The van der Waals surface area contributed by atoms with Crippen LogP contribution < -0.4 is 0 Å². The zero-order chi connectivity index (χ0) is 35.8. The molecular weight excluding hydrogens is 649 g/mol. The van der Waals surface area contributed by atoms with Crippen molar-refractivity contribution in [2.45, 2.75) is 172 Å². The van der Waals surface area contributed by atoms with Gasteiger partial charge in [0.05, 0.1) is 0 Å². The van der Waals surface area contributed by atoms with Crippen LogP contribution in [0.15, 0.2) is 59.2 Å². The Labute approximate surface area is 327 Å². The van der Waals surface area contributed by atoms with Gasteiger partial charge in [0.25, 0.3) is 0 Å². The highest BCUT2D eigenvalue weighted by molar-refractivity contribution is 5.82. The second-order valence-electron chi connectivity index (χ2n) is 23.9. The Bertz CT molecular complexity index is 1820. The summed E-state index contributed by atoms with van der Waals surface area (Å²) in [4.78, 5) is 0. The lowest BCUT2D eigenvalue weighted by Crippen LogP contribution is -2.48. The monoisotopic (exact) mass is 717 g/mol. The fourth-order valence-corrected chi connectivity index (χ4v) is 19.0. The first-order chi connectivity index (χ1) is 26.2. The molecule has 8 bridgehead atoms. The fourth-order valence-electron chi connectivity index (χ4n) is 19.0. The summed E-state index contributed by atoms with van der Waals surface area (Å²) in [5.41, 5.74) is 17.5. The Morgan fingerprint density at radius 3 is 1.54 bits per heavy atom. The third-order valence-corrected chi connectivity index (χ3v) is 20.1. The molecule has 2 aromatic rings. The lowest BCUT2D eigenvalue weighted by atomic mass is 9.48. The van der Waals surface area contributed by atoms with Gasteiger partial charge < -0.3 is 0 Å². The normalized spacial score (nSPS) is 45.2. The highest BCUT2D eigenvalue weighted by atomic mass is 14.7. The molecule has 0 amide bonds. The first kappa shape index (κ1) is 32.9. The van der Waals surface area contributed by atoms with E-state index in [4.69, 9.17) is 0 Å². The van der Waals surface area contributed by atoms with E-state index < -0.39 is 0 Å². The van der Waals surface area contributed by atoms with Crippen LogP contribution >= 0.6 is 0 Å². The molecule has 10 saturated carbocycles. The van der Waals surface area contributed by atoms with E-state index in [1.54, 1.807) is 39.0 Å². The van der Waals surface area contributed by atoms with Crippen LogP contribution in [0.25, 0.3) is 11.1 Å². The Kier molecular flexibility index (Phi) is 6.77. The average molecular weight is 717 g/mol. The van der Waals surface area contributed by atoms with Crippen molar-refractivity contribution >= 4 is 0 Å². The topological polar surface area (TPSA) is 0 Å². The Morgan fingerprint density at radius 1 is 0.556 bits per heavy atom. The molecule has 2 aromatic carbocycles. The lowest BCUT2D eigenvalue weighted by molar-refractivity contribution is -0.00534. The SMILES string of the molecule is CC(C)(C)C1=CC2=C(C1)C1CCCC1C2(C1CCCCC1)C1c2ccc(C34CC5CC(CC(C5)C3)C4)cc2-c2cc(C34CC5CC(CC(C5)C3)C4)ccc21. The smallest absolute Gasteiger partial charge is 0.0204 e. The summed E-state index contributed by atoms with van der Waals surface area (Å²) in [5, 5.41) is 0. The van der Waals surface area contributed by atoms with Gasteiger partial charge in [0.15, 0.2) is 0 Å². The predicted molar refractivity (Wildman–Crippen MR) is 222 cm³/mol. The van der Waals surface area contributed by atoms with Crippen molar-refractivity contribution in [1.82, 2.24) is 0 Å². The van der Waals surface area contributed by atoms with E-state index >= 15 is 0 Å². The number of hydrogen-bond acceptors (Lipinski definition) is 0. The molecule has 0 nitrogen and oxygen atoms in total. The van der Waals surface area contributed by atoms with Crippen LogP contribution in [-0.2, 0) is 10.8 Å². The van der Waals surface area contributed by atoms with Gasteiger partial charge in [-0.15, -0.1) is 0 Å². The van der Waals surface area contributed by atoms with Crippen LogP contribution in [0.2, 0.25) is 0 Å². The van der Waals surface area contributed by atoms with E-state index in [0.29, 0.717) is 16.7 Å². The molecule has 0 heteroatoms. The summed E-state index contributed by atoms with van der Waals surface area (Å²) in [7, 11) is 0. The summed E-state index contributed by atoms with van der Waals surface area (Å²) in [6.45, 7) is 7.52. The van der Waals surface area contributed by atoms with Crippen LogP contribution in [0.1, 0.15) is 184 Å². The fraction of sp³-hybridized carbons (Fsp3) is 0.704. The molecule has 0 aliphatic heterocycles. The van der Waals surface area contributed by atoms with Crippen LogP contribution in [0, 0.1) is 64.1 Å². The van der Waals surface area contributed by atoms with E-state index in [1.807, 2.05) is 11.1 Å². The summed E-state index contributed by atoms with van der Waals surface area (Å²) in [5.74, 6) is 8.97. The molecule has 54 heavy (non-hydrogen) atoms. The molecular formula is C54H68. The van der Waals surface area contributed by atoms with Gasteiger partial charge in [0, 0.05) is 11.3 Å². The Balaban J connectivity index is 1.03. The third kappa shape index (κ3) is 4.34. The van der Waals surface area contributed by atoms with Gasteiger partial charge in [-0.25, -0.2) is 0 Å². The summed E-state index contributed by atoms with van der Waals surface area (Å²) < 4.78 is 0. The minimum absolute atomic E-state index is 0.252. The molecule has 0 aromatic heterocycles. The lowest BCUT2D eigenvalue weighted by Gasteiger charge is -2.57. The standard InChI is InChI=1S/C54H68/c1-51(2,3)41-24-47-42-10-7-11-48(42)54(49(47)25-41,38-8-5-4-6-9-38)50-43-14-12-39(52-26-32-16-33(27-52)18-34(17-32)28-52)22-45(43)46-23-40(13-15-44(46)50)53-29-35-19-36(30-53)21-37(20-35)31-53/h12-15,22-23,25,32-38,42,48,50H,4-11,16-21,24,26-31H2,1-3H3. The highest BCUT2D eigenvalue weighted by Gasteiger charge is 2.64. The van der Waals surface area contributed by atoms with Gasteiger partial charge in [0.2, 0.25) is 0 Å². The molecule has 0 N–H and O–H groups in total. The predicted octanol–water partition coefficient (Wildman–Crippen LogP) is 14.4. The van der Waals surface area contributed by atoms with Gasteiger partial charge in [-0.3, -0.25) is 0 Å². The maximum Gasteiger partial charge on any atom is 0.0204 e. The first-order valence-electron chi connectivity index (χ1n) is 23.9. The molecule has 15 rings (SSSR count). The molecule has 0 heterocycles. The van der Waals surface area contributed by atoms with Crippen molar-refractivity contribution in [3.63, 3.8) is 0 Å². The number of allylic oxidation sites excluding steroid dienone is 4. The summed E-state index contributed by atoms with van der Waals surface area (Å²) in [6, 6.07) is 17.0. The Hall–Kier alpha value is -2.08. The number of hydrogen-bond donors (Lipinski definition) is 0. The first-order valence-corrected chi connectivity index (χ1v) is 23.9. The van der Waals surface area contributed by atoms with E-state index in [9.17, 15) is 0 Å². The van der Waals surface area contributed by atoms with Gasteiger partial charge >= 0.3 is 0 Å². The van der Waals surface area contributed by atoms with Gasteiger partial charge in [-0.05, 0) is 218 Å². The summed E-state index contributed by atoms with van der Waals surface area (Å²) in [6.07, 6.45) is 33.9. The molecule has 0 spiro atoms. The van der Waals surface area contributed by atoms with Crippen LogP contribution in [-0.4, -0.2) is 0 Å². The van der Waals surface area contributed by atoms with Gasteiger partial charge in [0.1, 0.15) is 0 Å². The van der Waals surface area contributed by atoms with Crippen molar-refractivity contribution in [3.05, 3.63) is 81.4 Å². The second-order valence-corrected chi connectivity index (χ2v) is 23.9. The maximum atomic E-state index is 2.90. The molecule has 10 fully saturated rings. The average Bonchev–Trinajstić information content (AvgIpc) is 3.92. The second kappa shape index (κ2) is 11.1. The molecule has 13 aliphatic carbocycles. The molecule has 284 valence electrons. The number of benzene rings is 2. The Morgan fingerprint density at radius 2 is 1.06 bits per heavy atom. The zero-order valence-electron chi connectivity index (χ0n) is 34.2. The van der Waals surface area contributed by atoms with Crippen molar-refractivity contribution < 1.29 is 0 Å². The molecule has 0 radical (unpaired) electrons. The van der Waals surface area contributed by atoms with Gasteiger partial charge in [-0.1, -0.05) is 100 Å². The minimum Gasteiger partial charge on any atom is -0.0605 e. The quantitative estimate of drug-likeness (QED) is 0.295. The molecule has 3 unspecified atom stereocenters. The van der Waals surface area contributed by atoms with Crippen LogP contribution in [0.5, 0.6) is 0 Å². The summed E-state index contributed by atoms with van der Waals surface area (Å²) >= 11 is 0. The molecule has 3 atom stereocenters. The van der Waals surface area contributed by atoms with E-state index in [-0.39, 0.29) is 10.8 Å². The van der Waals surface area contributed by atoms with E-state index in [0.717, 1.165) is 53.3 Å². The van der Waals surface area contributed by atoms with Crippen LogP contribution in [0.4, 0.5) is 0 Å². The minimum atomic E-state index is 0.252. The van der Waals surface area contributed by atoms with E-state index in [2.05, 4.69) is 63.2 Å².